The highest BCUT2D eigenvalue weighted by Crippen LogP contribution is 2.05. The van der Waals surface area contributed by atoms with Gasteiger partial charge in [-0.25, -0.2) is 4.79 Å². The highest BCUT2D eigenvalue weighted by atomic mass is 16.2. The van der Waals surface area contributed by atoms with Crippen molar-refractivity contribution in [2.45, 2.75) is 45.7 Å². The lowest BCUT2D eigenvalue weighted by atomic mass is 9.99. The van der Waals surface area contributed by atoms with Crippen LogP contribution >= 0.6 is 0 Å². The van der Waals surface area contributed by atoms with Crippen LogP contribution in [0, 0.1) is 5.92 Å². The normalized spacial score (nSPS) is 13.1. The molecule has 0 aromatic heterocycles. The summed E-state index contributed by atoms with van der Waals surface area (Å²) in [6.45, 7) is 5.17. The minimum Gasteiger partial charge on any atom is -0.354 e. The number of ketones is 1. The maximum Gasteiger partial charge on any atom is 0.312 e. The number of nitrogens with two attached hydrogens (primary N) is 1. The van der Waals surface area contributed by atoms with Crippen LogP contribution in [0.5, 0.6) is 0 Å². The second-order valence-corrected chi connectivity index (χ2v) is 5.34. The summed E-state index contributed by atoms with van der Waals surface area (Å²) in [5.41, 5.74) is 4.93. The van der Waals surface area contributed by atoms with E-state index in [1.54, 1.807) is 13.8 Å². The molecule has 9 heteroatoms. The van der Waals surface area contributed by atoms with Crippen molar-refractivity contribution >= 4 is 31.4 Å². The fraction of sp³-hybridized carbons (Fsp3) is 0.692. The molecule has 4 amide bonds. The molecule has 122 valence electrons. The number of rotatable bonds is 9. The average molecular weight is 310 g/mol. The van der Waals surface area contributed by atoms with Crippen LogP contribution in [-0.2, 0) is 9.59 Å². The van der Waals surface area contributed by atoms with E-state index in [0.717, 1.165) is 0 Å². The zero-order valence-corrected chi connectivity index (χ0v) is 13.1. The van der Waals surface area contributed by atoms with Crippen molar-refractivity contribution in [2.75, 3.05) is 6.54 Å². The van der Waals surface area contributed by atoms with Gasteiger partial charge in [-0.3, -0.25) is 14.4 Å². The van der Waals surface area contributed by atoms with Crippen molar-refractivity contribution < 1.29 is 19.2 Å². The molecule has 2 atom stereocenters. The largest absolute Gasteiger partial charge is 0.354 e. The van der Waals surface area contributed by atoms with Gasteiger partial charge in [0.2, 0.25) is 13.8 Å². The van der Waals surface area contributed by atoms with Crippen LogP contribution in [0.2, 0.25) is 0 Å². The Morgan fingerprint density at radius 2 is 1.73 bits per heavy atom. The summed E-state index contributed by atoms with van der Waals surface area (Å²) in [5.74, 6) is -1.68. The smallest absolute Gasteiger partial charge is 0.312 e. The van der Waals surface area contributed by atoms with Crippen molar-refractivity contribution in [2.24, 2.45) is 11.7 Å². The molecular formula is C13H23BN4O4. The van der Waals surface area contributed by atoms with E-state index in [2.05, 4.69) is 16.0 Å². The maximum absolute atomic E-state index is 12.2. The third-order valence-electron chi connectivity index (χ3n) is 3.02. The van der Waals surface area contributed by atoms with E-state index >= 15 is 0 Å². The van der Waals surface area contributed by atoms with Crippen molar-refractivity contribution in [1.82, 2.24) is 16.0 Å². The minimum absolute atomic E-state index is 0.184. The van der Waals surface area contributed by atoms with Crippen LogP contribution in [0.4, 0.5) is 9.59 Å². The number of amides is 4. The lowest BCUT2D eigenvalue weighted by molar-refractivity contribution is -0.128. The van der Waals surface area contributed by atoms with E-state index in [9.17, 15) is 19.2 Å². The van der Waals surface area contributed by atoms with Crippen LogP contribution in [-0.4, -0.2) is 50.0 Å². The van der Waals surface area contributed by atoms with E-state index < -0.39 is 29.8 Å². The first kappa shape index (κ1) is 19.9. The maximum atomic E-state index is 12.2. The summed E-state index contributed by atoms with van der Waals surface area (Å²) in [7, 11) is 5.04. The lowest BCUT2D eigenvalue weighted by Gasteiger charge is -2.24. The van der Waals surface area contributed by atoms with Crippen molar-refractivity contribution in [3.05, 3.63) is 0 Å². The molecule has 0 bridgehead atoms. The molecule has 5 N–H and O–H groups in total. The molecule has 0 fully saturated rings. The molecule has 0 aliphatic heterocycles. The van der Waals surface area contributed by atoms with Gasteiger partial charge in [-0.15, -0.1) is 0 Å². The summed E-state index contributed by atoms with van der Waals surface area (Å²) in [6, 6.07) is -2.16. The Kier molecular flexibility index (Phi) is 8.89. The van der Waals surface area contributed by atoms with Crippen LogP contribution < -0.4 is 21.7 Å². The zero-order chi connectivity index (χ0) is 17.3. The molecule has 8 nitrogen and oxygen atoms in total. The van der Waals surface area contributed by atoms with Gasteiger partial charge in [-0.1, -0.05) is 13.8 Å². The summed E-state index contributed by atoms with van der Waals surface area (Å²) in [5, 5.41) is 7.34. The topological polar surface area (TPSA) is 130 Å². The quantitative estimate of drug-likeness (QED) is 0.335. The first-order valence-electron chi connectivity index (χ1n) is 7.05. The Morgan fingerprint density at radius 3 is 2.14 bits per heavy atom. The number of hydrogen-bond acceptors (Lipinski definition) is 4. The highest BCUT2D eigenvalue weighted by Gasteiger charge is 2.26. The van der Waals surface area contributed by atoms with E-state index in [-0.39, 0.29) is 11.7 Å². The predicted octanol–water partition coefficient (Wildman–Crippen LogP) is -0.589. The summed E-state index contributed by atoms with van der Waals surface area (Å²) in [6.07, 6.45) is 0.825. The van der Waals surface area contributed by atoms with Gasteiger partial charge in [0.15, 0.2) is 11.6 Å². The fourth-order valence-corrected chi connectivity index (χ4v) is 1.84. The Bertz CT molecular complexity index is 428. The van der Waals surface area contributed by atoms with Gasteiger partial charge >= 0.3 is 6.03 Å². The van der Waals surface area contributed by atoms with E-state index in [1.807, 2.05) is 0 Å². The second kappa shape index (κ2) is 9.80. The fourth-order valence-electron chi connectivity index (χ4n) is 1.84. The molecule has 0 unspecified atom stereocenters. The third kappa shape index (κ3) is 8.28. The van der Waals surface area contributed by atoms with Gasteiger partial charge in [-0.2, -0.15) is 0 Å². The number of hydrogen-bond donors (Lipinski definition) is 4. The van der Waals surface area contributed by atoms with Crippen molar-refractivity contribution in [3.8, 4) is 0 Å². The lowest BCUT2D eigenvalue weighted by Crippen LogP contribution is -2.53. The Morgan fingerprint density at radius 1 is 1.14 bits per heavy atom. The number of Topliss-reactive ketones (excluding diaryl/α,β-unsaturated/α-hetero) is 1. The molecule has 22 heavy (non-hydrogen) atoms. The molecule has 0 aliphatic rings. The second-order valence-electron chi connectivity index (χ2n) is 5.34. The summed E-state index contributed by atoms with van der Waals surface area (Å²) >= 11 is 0. The van der Waals surface area contributed by atoms with Crippen LogP contribution in [0.25, 0.3) is 0 Å². The molecule has 2 radical (unpaired) electrons. The van der Waals surface area contributed by atoms with E-state index in [4.69, 9.17) is 13.6 Å². The minimum atomic E-state index is -0.817. The Balaban J connectivity index is 4.58. The number of nitrogens with one attached hydrogen (secondary N) is 3. The van der Waals surface area contributed by atoms with Crippen molar-refractivity contribution in [1.29, 1.82) is 0 Å². The Hall–Kier alpha value is -2.06. The summed E-state index contributed by atoms with van der Waals surface area (Å²) < 4.78 is 0. The van der Waals surface area contributed by atoms with Crippen LogP contribution in [0.3, 0.4) is 0 Å². The summed E-state index contributed by atoms with van der Waals surface area (Å²) in [4.78, 5) is 45.2. The molecule has 0 rings (SSSR count). The van der Waals surface area contributed by atoms with Crippen LogP contribution in [0.15, 0.2) is 0 Å². The van der Waals surface area contributed by atoms with Gasteiger partial charge in [-0.05, 0) is 25.7 Å². The SMILES string of the molecule is [B]C(=O)N[C@H](C(=O)N[C@@H](CCCNC(N)=O)C(C)=O)C(C)C. The zero-order valence-electron chi connectivity index (χ0n) is 13.1. The van der Waals surface area contributed by atoms with Crippen molar-refractivity contribution in [3.63, 3.8) is 0 Å². The Labute approximate surface area is 131 Å². The standard InChI is InChI=1S/C13H23BN4O4/c1-7(2)10(18-12(14)21)11(20)17-9(8(3)19)5-4-6-16-13(15)22/h7,9-10H,4-6H2,1-3H3,(H,17,20)(H,18,21)(H3,15,16,22)/t9-,10-/m0/s1. The predicted molar refractivity (Wildman–Crippen MR) is 82.3 cm³/mol. The molecule has 0 saturated carbocycles. The molecule has 0 spiro atoms. The van der Waals surface area contributed by atoms with Gasteiger partial charge in [0, 0.05) is 6.54 Å². The van der Waals surface area contributed by atoms with E-state index in [0.29, 0.717) is 19.4 Å². The molecular weight excluding hydrogens is 287 g/mol. The number of urea groups is 1. The first-order chi connectivity index (χ1) is 10.1. The van der Waals surface area contributed by atoms with Gasteiger partial charge in [0.05, 0.1) is 6.04 Å². The van der Waals surface area contributed by atoms with Gasteiger partial charge in [0.1, 0.15) is 6.04 Å². The number of carbonyl (C=O) groups is 4. The monoisotopic (exact) mass is 310 g/mol. The average Bonchev–Trinajstić information content (AvgIpc) is 2.38. The third-order valence-corrected chi connectivity index (χ3v) is 3.02. The molecule has 0 heterocycles. The number of carbonyl (C=O) groups excluding carboxylic acids is 4. The van der Waals surface area contributed by atoms with Gasteiger partial charge in [0.25, 0.3) is 0 Å². The highest BCUT2D eigenvalue weighted by molar-refractivity contribution is 6.57. The first-order valence-corrected chi connectivity index (χ1v) is 7.05. The van der Waals surface area contributed by atoms with Crippen LogP contribution in [0.1, 0.15) is 33.6 Å². The molecule has 0 saturated heterocycles. The molecule has 0 aromatic rings. The van der Waals surface area contributed by atoms with Gasteiger partial charge < -0.3 is 21.7 Å². The number of primary amides is 1. The van der Waals surface area contributed by atoms with E-state index in [1.165, 1.54) is 6.92 Å². The molecule has 0 aromatic carbocycles. The molecule has 0 aliphatic carbocycles.